The highest BCUT2D eigenvalue weighted by atomic mass is 32.2. The summed E-state index contributed by atoms with van der Waals surface area (Å²) in [5.41, 5.74) is 3.59. The van der Waals surface area contributed by atoms with Crippen LogP contribution in [0.2, 0.25) is 0 Å². The van der Waals surface area contributed by atoms with Crippen LogP contribution in [-0.2, 0) is 16.6 Å². The molecule has 0 saturated carbocycles. The number of hydrogen-bond acceptors (Lipinski definition) is 6. The third-order valence-corrected chi connectivity index (χ3v) is 7.58. The molecule has 0 bridgehead atoms. The first-order valence-corrected chi connectivity index (χ1v) is 12.6. The molecule has 0 unspecified atom stereocenters. The van der Waals surface area contributed by atoms with E-state index in [1.807, 2.05) is 49.4 Å². The minimum atomic E-state index is -3.60. The molecular weight excluding hydrogens is 438 g/mol. The van der Waals surface area contributed by atoms with Gasteiger partial charge in [0.15, 0.2) is 0 Å². The first kappa shape index (κ1) is 21.8. The summed E-state index contributed by atoms with van der Waals surface area (Å²) in [5, 5.41) is 10.4. The average Bonchev–Trinajstić information content (AvgIpc) is 3.11. The Labute approximate surface area is 193 Å². The fourth-order valence-corrected chi connectivity index (χ4v) is 5.60. The maximum Gasteiger partial charge on any atom is 0.258 e. The van der Waals surface area contributed by atoms with Crippen molar-refractivity contribution in [3.05, 3.63) is 65.7 Å². The largest absolute Gasteiger partial charge is 0.380 e. The van der Waals surface area contributed by atoms with E-state index in [1.165, 1.54) is 0 Å². The summed E-state index contributed by atoms with van der Waals surface area (Å²) in [7, 11) is -3.60. The number of nitrogens with one attached hydrogen (secondary N) is 3. The number of nitrogens with zero attached hydrogens (tertiary/aromatic N) is 2. The Kier molecular flexibility index (Phi) is 5.79. The molecule has 1 fully saturated rings. The highest BCUT2D eigenvalue weighted by Gasteiger charge is 2.29. The molecule has 2 aliphatic heterocycles. The highest BCUT2D eigenvalue weighted by molar-refractivity contribution is 7.89. The zero-order valence-corrected chi connectivity index (χ0v) is 19.3. The van der Waals surface area contributed by atoms with E-state index in [1.54, 1.807) is 22.0 Å². The van der Waals surface area contributed by atoms with Crippen LogP contribution in [0.1, 0.15) is 22.8 Å². The molecule has 0 radical (unpaired) electrons. The van der Waals surface area contributed by atoms with Crippen LogP contribution in [0.5, 0.6) is 0 Å². The molecule has 33 heavy (non-hydrogen) atoms. The summed E-state index contributed by atoms with van der Waals surface area (Å²) in [6.45, 7) is 5.94. The molecular formula is C24H27N5O3S. The minimum absolute atomic E-state index is 0.0430. The lowest BCUT2D eigenvalue weighted by atomic mass is 10.0. The van der Waals surface area contributed by atoms with Crippen molar-refractivity contribution in [1.82, 2.24) is 15.2 Å². The van der Waals surface area contributed by atoms with E-state index in [-0.39, 0.29) is 10.8 Å². The second kappa shape index (κ2) is 8.75. The second-order valence-corrected chi connectivity index (χ2v) is 9.90. The van der Waals surface area contributed by atoms with Crippen molar-refractivity contribution in [3.8, 4) is 0 Å². The number of benzene rings is 3. The van der Waals surface area contributed by atoms with E-state index in [9.17, 15) is 13.2 Å². The lowest BCUT2D eigenvalue weighted by Gasteiger charge is -2.27. The predicted octanol–water partition coefficient (Wildman–Crippen LogP) is 2.53. The van der Waals surface area contributed by atoms with Gasteiger partial charge >= 0.3 is 0 Å². The summed E-state index contributed by atoms with van der Waals surface area (Å²) in [6.07, 6.45) is 0. The van der Waals surface area contributed by atoms with E-state index >= 15 is 0 Å². The van der Waals surface area contributed by atoms with Crippen molar-refractivity contribution < 1.29 is 13.2 Å². The lowest BCUT2D eigenvalue weighted by Crippen LogP contribution is -2.52. The van der Waals surface area contributed by atoms with Crippen molar-refractivity contribution in [1.29, 1.82) is 0 Å². The summed E-state index contributed by atoms with van der Waals surface area (Å²) in [6, 6.07) is 16.7. The van der Waals surface area contributed by atoms with Gasteiger partial charge in [-0.3, -0.25) is 4.79 Å². The molecule has 2 heterocycles. The summed E-state index contributed by atoms with van der Waals surface area (Å²) in [4.78, 5) is 17.4. The Morgan fingerprint density at radius 1 is 1.00 bits per heavy atom. The van der Waals surface area contributed by atoms with Crippen molar-refractivity contribution in [2.24, 2.45) is 0 Å². The van der Waals surface area contributed by atoms with E-state index < -0.39 is 10.0 Å². The van der Waals surface area contributed by atoms with Crippen LogP contribution in [-0.4, -0.2) is 52.1 Å². The van der Waals surface area contributed by atoms with Crippen LogP contribution in [0.15, 0.2) is 59.5 Å². The zero-order chi connectivity index (χ0) is 23.0. The number of sulfonamides is 1. The average molecular weight is 466 g/mol. The third-order valence-electron chi connectivity index (χ3n) is 6.18. The Bertz CT molecular complexity index is 1300. The molecule has 3 N–H and O–H groups in total. The van der Waals surface area contributed by atoms with Gasteiger partial charge in [-0.15, -0.1) is 4.83 Å². The molecule has 0 aromatic heterocycles. The van der Waals surface area contributed by atoms with Gasteiger partial charge in [-0.05, 0) is 42.8 Å². The van der Waals surface area contributed by atoms with Gasteiger partial charge in [0.1, 0.15) is 0 Å². The molecule has 8 nitrogen and oxygen atoms in total. The van der Waals surface area contributed by atoms with Crippen molar-refractivity contribution >= 4 is 38.1 Å². The first-order chi connectivity index (χ1) is 16.0. The number of hydrogen-bond donors (Lipinski definition) is 3. The molecule has 3 aromatic rings. The van der Waals surface area contributed by atoms with Gasteiger partial charge in [0, 0.05) is 61.3 Å². The SMILES string of the molecule is CCN1C(=O)c2cccc3c(NCc4ccc(S(=O)(=O)NN5CCNCC5)cc4)ccc1c23. The third kappa shape index (κ3) is 4.08. The Morgan fingerprint density at radius 2 is 1.76 bits per heavy atom. The lowest BCUT2D eigenvalue weighted by molar-refractivity contribution is 0.0994. The van der Waals surface area contributed by atoms with Crippen LogP contribution in [0.25, 0.3) is 10.8 Å². The summed E-state index contributed by atoms with van der Waals surface area (Å²) >= 11 is 0. The molecule has 0 aliphatic carbocycles. The number of amides is 1. The fourth-order valence-electron chi connectivity index (χ4n) is 4.48. The van der Waals surface area contributed by atoms with Crippen LogP contribution >= 0.6 is 0 Å². The molecule has 3 aromatic carbocycles. The summed E-state index contributed by atoms with van der Waals surface area (Å²) in [5.74, 6) is 0.0430. The zero-order valence-electron chi connectivity index (χ0n) is 18.5. The van der Waals surface area contributed by atoms with Gasteiger partial charge in [-0.25, -0.2) is 13.4 Å². The molecule has 0 spiro atoms. The number of piperazine rings is 1. The van der Waals surface area contributed by atoms with Crippen molar-refractivity contribution in [3.63, 3.8) is 0 Å². The smallest absolute Gasteiger partial charge is 0.258 e. The quantitative estimate of drug-likeness (QED) is 0.497. The van der Waals surface area contributed by atoms with E-state index in [2.05, 4.69) is 15.5 Å². The molecule has 1 saturated heterocycles. The topological polar surface area (TPSA) is 93.8 Å². The van der Waals surface area contributed by atoms with Crippen LogP contribution < -0.4 is 20.4 Å². The molecule has 0 atom stereocenters. The Hall–Kier alpha value is -2.98. The summed E-state index contributed by atoms with van der Waals surface area (Å²) < 4.78 is 25.3. The van der Waals surface area contributed by atoms with E-state index in [4.69, 9.17) is 0 Å². The van der Waals surface area contributed by atoms with Crippen LogP contribution in [0.4, 0.5) is 11.4 Å². The number of carbonyl (C=O) groups excluding carboxylic acids is 1. The number of hydrazine groups is 1. The van der Waals surface area contributed by atoms with Crippen molar-refractivity contribution in [2.45, 2.75) is 18.4 Å². The monoisotopic (exact) mass is 465 g/mol. The van der Waals surface area contributed by atoms with Gasteiger partial charge in [0.05, 0.1) is 10.6 Å². The maximum absolute atomic E-state index is 12.7. The van der Waals surface area contributed by atoms with E-state index in [0.29, 0.717) is 26.2 Å². The molecule has 2 aliphatic rings. The second-order valence-electron chi connectivity index (χ2n) is 8.24. The maximum atomic E-state index is 12.7. The Balaban J connectivity index is 1.32. The first-order valence-electron chi connectivity index (χ1n) is 11.2. The molecule has 5 rings (SSSR count). The highest BCUT2D eigenvalue weighted by Crippen LogP contribution is 2.40. The van der Waals surface area contributed by atoms with Crippen LogP contribution in [0, 0.1) is 0 Å². The van der Waals surface area contributed by atoms with Gasteiger partial charge in [0.25, 0.3) is 15.9 Å². The van der Waals surface area contributed by atoms with Crippen molar-refractivity contribution in [2.75, 3.05) is 42.9 Å². The normalized spacial score (nSPS) is 16.5. The van der Waals surface area contributed by atoms with Gasteiger partial charge in [0.2, 0.25) is 0 Å². The van der Waals surface area contributed by atoms with E-state index in [0.717, 1.165) is 46.4 Å². The Morgan fingerprint density at radius 3 is 2.48 bits per heavy atom. The molecule has 1 amide bonds. The number of rotatable bonds is 7. The van der Waals surface area contributed by atoms with Crippen LogP contribution in [0.3, 0.4) is 0 Å². The van der Waals surface area contributed by atoms with Gasteiger partial charge < -0.3 is 15.5 Å². The fraction of sp³-hybridized carbons (Fsp3) is 0.292. The van der Waals surface area contributed by atoms with Gasteiger partial charge in [-0.2, -0.15) is 0 Å². The molecule has 9 heteroatoms. The molecule has 172 valence electrons. The predicted molar refractivity (Wildman–Crippen MR) is 130 cm³/mol. The minimum Gasteiger partial charge on any atom is -0.380 e. The standard InChI is InChI=1S/C24H27N5O3S/c1-2-29-22-11-10-21(19-4-3-5-20(23(19)22)24(29)30)26-16-17-6-8-18(9-7-17)33(31,32)27-28-14-12-25-13-15-28/h3-11,25-27H,2,12-16H2,1H3. The number of anilines is 2. The number of carbonyl (C=O) groups is 1. The van der Waals surface area contributed by atoms with Gasteiger partial charge in [-0.1, -0.05) is 24.3 Å².